The van der Waals surface area contributed by atoms with Crippen LogP contribution >= 0.6 is 11.3 Å². The van der Waals surface area contributed by atoms with Crippen LogP contribution in [0.25, 0.3) is 10.2 Å². The van der Waals surface area contributed by atoms with Gasteiger partial charge in [0, 0.05) is 5.56 Å². The molecule has 0 spiro atoms. The first-order valence-corrected chi connectivity index (χ1v) is 8.39. The van der Waals surface area contributed by atoms with Crippen LogP contribution in [0.4, 0.5) is 5.13 Å². The lowest BCUT2D eigenvalue weighted by Gasteiger charge is -2.01. The summed E-state index contributed by atoms with van der Waals surface area (Å²) in [5.41, 5.74) is 1.94. The van der Waals surface area contributed by atoms with E-state index in [9.17, 15) is 9.59 Å². The summed E-state index contributed by atoms with van der Waals surface area (Å²) < 4.78 is 5.87. The first-order valence-electron chi connectivity index (χ1n) is 7.57. The van der Waals surface area contributed by atoms with Gasteiger partial charge in [-0.2, -0.15) is 0 Å². The van der Waals surface area contributed by atoms with E-state index in [0.717, 1.165) is 10.2 Å². The standard InChI is InChI=1S/C18H16N2O3S/c1-2-23-17(22)13-8-9-14-16(10-13)24-18(20-14)19-11-15(21)12-6-4-3-5-7-12/h3-10H,2,11H2,1H3,(H,19,20). The van der Waals surface area contributed by atoms with Gasteiger partial charge in [0.15, 0.2) is 10.9 Å². The topological polar surface area (TPSA) is 68.3 Å². The number of nitrogens with one attached hydrogen (secondary N) is 1. The minimum Gasteiger partial charge on any atom is -0.462 e. The van der Waals surface area contributed by atoms with E-state index >= 15 is 0 Å². The maximum atomic E-state index is 12.1. The van der Waals surface area contributed by atoms with Crippen molar-refractivity contribution in [3.8, 4) is 0 Å². The molecule has 1 heterocycles. The summed E-state index contributed by atoms with van der Waals surface area (Å²) in [6.45, 7) is 2.29. The van der Waals surface area contributed by atoms with Crippen molar-refractivity contribution in [1.82, 2.24) is 4.98 Å². The SMILES string of the molecule is CCOC(=O)c1ccc2nc(NCC(=O)c3ccccc3)sc2c1. The van der Waals surface area contributed by atoms with Gasteiger partial charge in [-0.3, -0.25) is 4.79 Å². The number of fused-ring (bicyclic) bond motifs is 1. The number of carbonyl (C=O) groups is 2. The van der Waals surface area contributed by atoms with E-state index in [0.29, 0.717) is 22.9 Å². The Balaban J connectivity index is 1.71. The molecule has 3 rings (SSSR count). The van der Waals surface area contributed by atoms with E-state index in [1.54, 1.807) is 37.3 Å². The third-order valence-electron chi connectivity index (χ3n) is 3.40. The average molecular weight is 340 g/mol. The molecule has 0 atom stereocenters. The Kier molecular flexibility index (Phi) is 4.86. The molecule has 24 heavy (non-hydrogen) atoms. The number of nitrogens with zero attached hydrogens (tertiary/aromatic N) is 1. The molecule has 1 aromatic heterocycles. The Bertz CT molecular complexity index is 874. The van der Waals surface area contributed by atoms with Crippen molar-refractivity contribution >= 4 is 38.4 Å². The molecule has 0 radical (unpaired) electrons. The molecule has 2 aromatic carbocycles. The molecule has 0 saturated heterocycles. The van der Waals surface area contributed by atoms with Gasteiger partial charge in [-0.1, -0.05) is 41.7 Å². The van der Waals surface area contributed by atoms with Gasteiger partial charge in [-0.25, -0.2) is 9.78 Å². The Hall–Kier alpha value is -2.73. The van der Waals surface area contributed by atoms with E-state index in [4.69, 9.17) is 4.74 Å². The Morgan fingerprint density at radius 2 is 1.92 bits per heavy atom. The van der Waals surface area contributed by atoms with Gasteiger partial charge in [0.2, 0.25) is 0 Å². The molecule has 1 N–H and O–H groups in total. The molecular formula is C18H16N2O3S. The summed E-state index contributed by atoms with van der Waals surface area (Å²) in [6, 6.07) is 14.3. The van der Waals surface area contributed by atoms with Crippen molar-refractivity contribution in [2.24, 2.45) is 0 Å². The second kappa shape index (κ2) is 7.23. The van der Waals surface area contributed by atoms with E-state index in [2.05, 4.69) is 10.3 Å². The molecule has 5 nitrogen and oxygen atoms in total. The number of aromatic nitrogens is 1. The number of carbonyl (C=O) groups excluding carboxylic acids is 2. The summed E-state index contributed by atoms with van der Waals surface area (Å²) in [5.74, 6) is -0.344. The molecule has 0 saturated carbocycles. The second-order valence-electron chi connectivity index (χ2n) is 5.06. The van der Waals surface area contributed by atoms with Gasteiger partial charge in [0.1, 0.15) is 0 Å². The van der Waals surface area contributed by atoms with E-state index < -0.39 is 0 Å². The van der Waals surface area contributed by atoms with Gasteiger partial charge in [-0.05, 0) is 25.1 Å². The lowest BCUT2D eigenvalue weighted by molar-refractivity contribution is 0.0526. The molecule has 122 valence electrons. The number of hydrogen-bond donors (Lipinski definition) is 1. The molecule has 0 fully saturated rings. The van der Waals surface area contributed by atoms with Gasteiger partial charge in [0.25, 0.3) is 0 Å². The maximum Gasteiger partial charge on any atom is 0.338 e. The van der Waals surface area contributed by atoms with E-state index in [1.165, 1.54) is 11.3 Å². The van der Waals surface area contributed by atoms with Crippen LogP contribution < -0.4 is 5.32 Å². The number of ketones is 1. The van der Waals surface area contributed by atoms with Crippen molar-refractivity contribution in [2.45, 2.75) is 6.92 Å². The summed E-state index contributed by atoms with van der Waals surface area (Å²) in [7, 11) is 0. The van der Waals surface area contributed by atoms with Crippen LogP contribution in [-0.4, -0.2) is 29.9 Å². The molecule has 0 bridgehead atoms. The number of rotatable bonds is 6. The number of esters is 1. The number of hydrogen-bond acceptors (Lipinski definition) is 6. The molecule has 6 heteroatoms. The zero-order valence-electron chi connectivity index (χ0n) is 13.1. The predicted octanol–water partition coefficient (Wildman–Crippen LogP) is 3.77. The number of Topliss-reactive ketones (excluding diaryl/α,β-unsaturated/α-hetero) is 1. The Labute approximate surface area is 143 Å². The first kappa shape index (κ1) is 16.1. The van der Waals surface area contributed by atoms with Gasteiger partial charge in [-0.15, -0.1) is 0 Å². The molecule has 0 aliphatic carbocycles. The third kappa shape index (κ3) is 3.60. The van der Waals surface area contributed by atoms with Crippen LogP contribution in [0.1, 0.15) is 27.6 Å². The van der Waals surface area contributed by atoms with Crippen LogP contribution in [-0.2, 0) is 4.74 Å². The zero-order chi connectivity index (χ0) is 16.9. The highest BCUT2D eigenvalue weighted by Gasteiger charge is 2.11. The highest BCUT2D eigenvalue weighted by atomic mass is 32.1. The minimum absolute atomic E-state index is 0.00192. The van der Waals surface area contributed by atoms with E-state index in [1.807, 2.05) is 18.2 Å². The van der Waals surface area contributed by atoms with Crippen LogP contribution in [0.3, 0.4) is 0 Å². The van der Waals surface area contributed by atoms with Crippen LogP contribution in [0.2, 0.25) is 0 Å². The fraction of sp³-hybridized carbons (Fsp3) is 0.167. The lowest BCUT2D eigenvalue weighted by Crippen LogP contribution is -2.13. The van der Waals surface area contributed by atoms with Gasteiger partial charge in [0.05, 0.1) is 28.9 Å². The van der Waals surface area contributed by atoms with Crippen LogP contribution in [0.5, 0.6) is 0 Å². The minimum atomic E-state index is -0.346. The predicted molar refractivity (Wildman–Crippen MR) is 94.8 cm³/mol. The number of anilines is 1. The highest BCUT2D eigenvalue weighted by molar-refractivity contribution is 7.22. The first-order chi connectivity index (χ1) is 11.7. The van der Waals surface area contributed by atoms with Crippen LogP contribution in [0.15, 0.2) is 48.5 Å². The molecule has 3 aromatic rings. The third-order valence-corrected chi connectivity index (χ3v) is 4.37. The molecule has 0 aliphatic heterocycles. The normalized spacial score (nSPS) is 10.5. The highest BCUT2D eigenvalue weighted by Crippen LogP contribution is 2.27. The van der Waals surface area contributed by atoms with Crippen molar-refractivity contribution in [1.29, 1.82) is 0 Å². The van der Waals surface area contributed by atoms with Crippen molar-refractivity contribution in [2.75, 3.05) is 18.5 Å². The monoisotopic (exact) mass is 340 g/mol. The molecular weight excluding hydrogens is 324 g/mol. The van der Waals surface area contributed by atoms with Crippen LogP contribution in [0, 0.1) is 0 Å². The summed E-state index contributed by atoms with van der Waals surface area (Å²) in [4.78, 5) is 28.3. The number of thiazole rings is 1. The Morgan fingerprint density at radius 1 is 1.12 bits per heavy atom. The smallest absolute Gasteiger partial charge is 0.338 e. The lowest BCUT2D eigenvalue weighted by atomic mass is 10.1. The van der Waals surface area contributed by atoms with Crippen molar-refractivity contribution in [3.63, 3.8) is 0 Å². The van der Waals surface area contributed by atoms with Gasteiger partial charge < -0.3 is 10.1 Å². The summed E-state index contributed by atoms with van der Waals surface area (Å²) in [5, 5.41) is 3.70. The molecule has 0 unspecified atom stereocenters. The molecule has 0 aliphatic rings. The van der Waals surface area contributed by atoms with Gasteiger partial charge >= 0.3 is 5.97 Å². The fourth-order valence-electron chi connectivity index (χ4n) is 2.22. The molecule has 0 amide bonds. The fourth-order valence-corrected chi connectivity index (χ4v) is 3.12. The van der Waals surface area contributed by atoms with E-state index in [-0.39, 0.29) is 18.3 Å². The largest absolute Gasteiger partial charge is 0.462 e. The number of benzene rings is 2. The van der Waals surface area contributed by atoms with Crippen molar-refractivity contribution in [3.05, 3.63) is 59.7 Å². The second-order valence-corrected chi connectivity index (χ2v) is 6.10. The summed E-state index contributed by atoms with van der Waals surface area (Å²) in [6.07, 6.45) is 0. The Morgan fingerprint density at radius 3 is 2.67 bits per heavy atom. The summed E-state index contributed by atoms with van der Waals surface area (Å²) >= 11 is 1.40. The quantitative estimate of drug-likeness (QED) is 0.546. The van der Waals surface area contributed by atoms with Crippen molar-refractivity contribution < 1.29 is 14.3 Å². The zero-order valence-corrected chi connectivity index (χ0v) is 13.9. The average Bonchev–Trinajstić information content (AvgIpc) is 3.02. The number of ether oxygens (including phenoxy) is 1. The maximum absolute atomic E-state index is 12.1.